The molecule has 4 saturated carbocycles. The van der Waals surface area contributed by atoms with Crippen LogP contribution >= 0.6 is 0 Å². The molecule has 2 N–H and O–H groups in total. The lowest BCUT2D eigenvalue weighted by molar-refractivity contribution is -0.0973. The van der Waals surface area contributed by atoms with Gasteiger partial charge in [0.15, 0.2) is 0 Å². The van der Waals surface area contributed by atoms with Crippen LogP contribution in [-0.4, -0.2) is 22.6 Å². The van der Waals surface area contributed by atoms with Crippen LogP contribution in [0.1, 0.15) is 52.4 Å². The first kappa shape index (κ1) is 13.4. The van der Waals surface area contributed by atoms with E-state index in [0.717, 1.165) is 11.7 Å². The zero-order valence-electron chi connectivity index (χ0n) is 13.4. The second-order valence-corrected chi connectivity index (χ2v) is 8.55. The molecule has 0 amide bonds. The van der Waals surface area contributed by atoms with Gasteiger partial charge in [0.25, 0.3) is 0 Å². The first-order valence-electron chi connectivity index (χ1n) is 8.21. The molecular weight excluding hydrogens is 260 g/mol. The van der Waals surface area contributed by atoms with Crippen molar-refractivity contribution in [1.82, 2.24) is 9.97 Å². The molecule has 4 nitrogen and oxygen atoms in total. The van der Waals surface area contributed by atoms with E-state index in [1.807, 2.05) is 19.3 Å². The van der Waals surface area contributed by atoms with E-state index in [1.165, 1.54) is 38.5 Å². The molecule has 4 heteroatoms. The Hall–Kier alpha value is -1.32. The third kappa shape index (κ3) is 2.19. The highest BCUT2D eigenvalue weighted by atomic mass is 15.2. The molecule has 0 aliphatic heterocycles. The number of rotatable bonds is 3. The van der Waals surface area contributed by atoms with Gasteiger partial charge in [-0.05, 0) is 61.3 Å². The van der Waals surface area contributed by atoms with Crippen LogP contribution in [0.15, 0.2) is 12.3 Å². The molecule has 4 aliphatic carbocycles. The van der Waals surface area contributed by atoms with E-state index < -0.39 is 0 Å². The van der Waals surface area contributed by atoms with Crippen LogP contribution in [0.25, 0.3) is 0 Å². The maximum absolute atomic E-state index is 4.58. The van der Waals surface area contributed by atoms with E-state index >= 15 is 0 Å². The standard InChI is InChI=1S/C17H26N4/c1-15-6-12-7-16(2,9-15)11-17(8-12,10-15)21-13-4-5-19-14(18-3)20-13/h4-5,12H,6-11H2,1-3H3,(H2,18,19,20,21). The average molecular weight is 286 g/mol. The smallest absolute Gasteiger partial charge is 0.224 e. The predicted octanol–water partition coefficient (Wildman–Crippen LogP) is 3.68. The van der Waals surface area contributed by atoms with Crippen LogP contribution in [0.4, 0.5) is 11.8 Å². The van der Waals surface area contributed by atoms with Crippen molar-refractivity contribution in [2.45, 2.75) is 57.9 Å². The summed E-state index contributed by atoms with van der Waals surface area (Å²) in [6, 6.07) is 2.00. The fraction of sp³-hybridized carbons (Fsp3) is 0.765. The van der Waals surface area contributed by atoms with Gasteiger partial charge in [0.1, 0.15) is 5.82 Å². The Kier molecular flexibility index (Phi) is 2.61. The van der Waals surface area contributed by atoms with Gasteiger partial charge in [0.2, 0.25) is 5.95 Å². The van der Waals surface area contributed by atoms with Gasteiger partial charge in [0, 0.05) is 18.8 Å². The highest BCUT2D eigenvalue weighted by Gasteiger charge is 2.60. The first-order valence-corrected chi connectivity index (χ1v) is 8.21. The number of nitrogens with one attached hydrogen (secondary N) is 2. The maximum Gasteiger partial charge on any atom is 0.224 e. The van der Waals surface area contributed by atoms with Crippen molar-refractivity contribution < 1.29 is 0 Å². The fourth-order valence-corrected chi connectivity index (χ4v) is 6.41. The number of hydrogen-bond donors (Lipinski definition) is 2. The molecule has 4 fully saturated rings. The van der Waals surface area contributed by atoms with Crippen LogP contribution in [0.2, 0.25) is 0 Å². The van der Waals surface area contributed by atoms with Gasteiger partial charge in [-0.1, -0.05) is 13.8 Å². The van der Waals surface area contributed by atoms with E-state index in [-0.39, 0.29) is 5.54 Å². The van der Waals surface area contributed by atoms with E-state index in [9.17, 15) is 0 Å². The Morgan fingerprint density at radius 2 is 1.81 bits per heavy atom. The van der Waals surface area contributed by atoms with Gasteiger partial charge in [-0.25, -0.2) is 4.98 Å². The Bertz CT molecular complexity index is 552. The Labute approximate surface area is 127 Å². The number of anilines is 2. The summed E-state index contributed by atoms with van der Waals surface area (Å²) in [4.78, 5) is 8.80. The highest BCUT2D eigenvalue weighted by molar-refractivity contribution is 5.43. The van der Waals surface area contributed by atoms with Crippen molar-refractivity contribution in [3.63, 3.8) is 0 Å². The highest BCUT2D eigenvalue weighted by Crippen LogP contribution is 2.66. The maximum atomic E-state index is 4.58. The van der Waals surface area contributed by atoms with E-state index in [2.05, 4.69) is 34.4 Å². The summed E-state index contributed by atoms with van der Waals surface area (Å²) in [7, 11) is 1.87. The molecule has 21 heavy (non-hydrogen) atoms. The molecule has 4 aliphatic rings. The monoisotopic (exact) mass is 286 g/mol. The average Bonchev–Trinajstić information content (AvgIpc) is 2.33. The molecule has 1 aromatic rings. The molecule has 0 aromatic carbocycles. The topological polar surface area (TPSA) is 49.8 Å². The molecule has 4 bridgehead atoms. The van der Waals surface area contributed by atoms with Crippen LogP contribution in [0.3, 0.4) is 0 Å². The number of hydrogen-bond acceptors (Lipinski definition) is 4. The van der Waals surface area contributed by atoms with Crippen LogP contribution < -0.4 is 10.6 Å². The Morgan fingerprint density at radius 1 is 1.10 bits per heavy atom. The second kappa shape index (κ2) is 4.11. The van der Waals surface area contributed by atoms with Crippen molar-refractivity contribution in [3.05, 3.63) is 12.3 Å². The minimum absolute atomic E-state index is 0.252. The number of aromatic nitrogens is 2. The van der Waals surface area contributed by atoms with Crippen molar-refractivity contribution >= 4 is 11.8 Å². The summed E-state index contributed by atoms with van der Waals surface area (Å²) in [5, 5.41) is 6.85. The SMILES string of the molecule is CNc1nccc(NC23CC4CC(C)(CC(C)(C4)C2)C3)n1. The van der Waals surface area contributed by atoms with Crippen molar-refractivity contribution in [2.75, 3.05) is 17.7 Å². The van der Waals surface area contributed by atoms with Crippen molar-refractivity contribution in [2.24, 2.45) is 16.7 Å². The summed E-state index contributed by atoms with van der Waals surface area (Å²) in [6.07, 6.45) is 10.0. The fourth-order valence-electron chi connectivity index (χ4n) is 6.41. The third-order valence-electron chi connectivity index (χ3n) is 5.90. The van der Waals surface area contributed by atoms with Gasteiger partial charge in [-0.2, -0.15) is 4.98 Å². The molecule has 1 heterocycles. The molecule has 114 valence electrons. The zero-order chi connectivity index (χ0) is 14.7. The van der Waals surface area contributed by atoms with Crippen molar-refractivity contribution in [3.8, 4) is 0 Å². The molecule has 2 atom stereocenters. The van der Waals surface area contributed by atoms with Crippen LogP contribution in [0.5, 0.6) is 0 Å². The minimum atomic E-state index is 0.252. The first-order chi connectivity index (χ1) is 9.92. The molecule has 2 unspecified atom stereocenters. The largest absolute Gasteiger partial charge is 0.364 e. The van der Waals surface area contributed by atoms with Gasteiger partial charge in [-0.15, -0.1) is 0 Å². The van der Waals surface area contributed by atoms with Gasteiger partial charge in [-0.3, -0.25) is 0 Å². The lowest BCUT2D eigenvalue weighted by atomic mass is 9.43. The zero-order valence-corrected chi connectivity index (χ0v) is 13.4. The summed E-state index contributed by atoms with van der Waals surface area (Å²) in [5.41, 5.74) is 1.31. The number of nitrogens with zero attached hydrogens (tertiary/aromatic N) is 2. The van der Waals surface area contributed by atoms with Gasteiger partial charge < -0.3 is 10.6 Å². The second-order valence-electron chi connectivity index (χ2n) is 8.55. The normalized spacial score (nSPS) is 43.9. The van der Waals surface area contributed by atoms with Gasteiger partial charge in [0.05, 0.1) is 0 Å². The Balaban J connectivity index is 1.65. The Morgan fingerprint density at radius 3 is 2.43 bits per heavy atom. The predicted molar refractivity (Wildman–Crippen MR) is 85.3 cm³/mol. The molecule has 0 spiro atoms. The summed E-state index contributed by atoms with van der Waals surface area (Å²) < 4.78 is 0. The van der Waals surface area contributed by atoms with Crippen LogP contribution in [0, 0.1) is 16.7 Å². The van der Waals surface area contributed by atoms with Gasteiger partial charge >= 0.3 is 0 Å². The molecule has 0 saturated heterocycles. The van der Waals surface area contributed by atoms with Crippen molar-refractivity contribution in [1.29, 1.82) is 0 Å². The lowest BCUT2D eigenvalue weighted by Gasteiger charge is -2.65. The third-order valence-corrected chi connectivity index (χ3v) is 5.90. The summed E-state index contributed by atoms with van der Waals surface area (Å²) >= 11 is 0. The van der Waals surface area contributed by atoms with Crippen LogP contribution in [-0.2, 0) is 0 Å². The van der Waals surface area contributed by atoms with E-state index in [1.54, 1.807) is 0 Å². The van der Waals surface area contributed by atoms with E-state index in [0.29, 0.717) is 16.8 Å². The van der Waals surface area contributed by atoms with E-state index in [4.69, 9.17) is 0 Å². The summed E-state index contributed by atoms with van der Waals surface area (Å²) in [5.74, 6) is 2.57. The molecule has 5 rings (SSSR count). The lowest BCUT2D eigenvalue weighted by Crippen LogP contribution is -2.61. The molecular formula is C17H26N4. The molecule has 1 aromatic heterocycles. The minimum Gasteiger partial charge on any atom is -0.364 e. The molecule has 0 radical (unpaired) electrons. The summed E-state index contributed by atoms with van der Waals surface area (Å²) in [6.45, 7) is 5.01. The quantitative estimate of drug-likeness (QED) is 0.890.